The van der Waals surface area contributed by atoms with Gasteiger partial charge in [0, 0.05) is 31.2 Å². The smallest absolute Gasteiger partial charge is 0.225 e. The Hall–Kier alpha value is -1.68. The molecule has 1 fully saturated rings. The van der Waals surface area contributed by atoms with E-state index in [1.165, 1.54) is 12.8 Å². The first-order valence-electron chi connectivity index (χ1n) is 6.49. The van der Waals surface area contributed by atoms with Crippen molar-refractivity contribution in [2.24, 2.45) is 0 Å². The van der Waals surface area contributed by atoms with Crippen LogP contribution >= 0.6 is 0 Å². The Labute approximate surface area is 107 Å². The monoisotopic (exact) mass is 242 g/mol. The van der Waals surface area contributed by atoms with E-state index in [1.807, 2.05) is 30.5 Å². The van der Waals surface area contributed by atoms with E-state index >= 15 is 0 Å². The van der Waals surface area contributed by atoms with Crippen LogP contribution in [0.3, 0.4) is 0 Å². The van der Waals surface area contributed by atoms with Crippen molar-refractivity contribution in [3.8, 4) is 0 Å². The summed E-state index contributed by atoms with van der Waals surface area (Å²) in [5, 5.41) is 4.59. The Balaban J connectivity index is 1.80. The third-order valence-electron chi connectivity index (χ3n) is 3.47. The van der Waals surface area contributed by atoms with Gasteiger partial charge in [0.15, 0.2) is 0 Å². The number of fused-ring (bicyclic) bond motifs is 1. The lowest BCUT2D eigenvalue weighted by Gasteiger charge is -2.21. The predicted molar refractivity (Wildman–Crippen MR) is 73.8 cm³/mol. The summed E-state index contributed by atoms with van der Waals surface area (Å²) in [6.45, 7) is 2.11. The molecule has 0 spiro atoms. The molecule has 2 heterocycles. The molecular formula is C14H18N4. The molecule has 1 saturated heterocycles. The Morgan fingerprint density at radius 1 is 1.39 bits per heavy atom. The molecule has 3 rings (SSSR count). The summed E-state index contributed by atoms with van der Waals surface area (Å²) in [6, 6.07) is 8.67. The second kappa shape index (κ2) is 4.90. The maximum absolute atomic E-state index is 4.60. The summed E-state index contributed by atoms with van der Waals surface area (Å²) in [7, 11) is 2.06. The molecule has 0 saturated carbocycles. The van der Waals surface area contributed by atoms with E-state index in [0.717, 1.165) is 29.9 Å². The summed E-state index contributed by atoms with van der Waals surface area (Å²) in [4.78, 5) is 11.2. The first-order valence-corrected chi connectivity index (χ1v) is 6.49. The highest BCUT2D eigenvalue weighted by Gasteiger charge is 2.17. The zero-order valence-electron chi connectivity index (χ0n) is 10.6. The minimum atomic E-state index is 0.574. The largest absolute Gasteiger partial charge is 0.342 e. The molecule has 1 aliphatic heterocycles. The number of hydrogen-bond donors (Lipinski definition) is 1. The highest BCUT2D eigenvalue weighted by atomic mass is 15.2. The van der Waals surface area contributed by atoms with E-state index in [2.05, 4.69) is 27.2 Å². The molecule has 0 radical (unpaired) electrons. The van der Waals surface area contributed by atoms with Crippen LogP contribution in [0.15, 0.2) is 30.5 Å². The van der Waals surface area contributed by atoms with Crippen LogP contribution < -0.4 is 10.2 Å². The van der Waals surface area contributed by atoms with Crippen LogP contribution in [-0.2, 0) is 0 Å². The van der Waals surface area contributed by atoms with E-state index in [1.54, 1.807) is 0 Å². The molecule has 94 valence electrons. The fourth-order valence-corrected chi connectivity index (χ4v) is 2.47. The standard InChI is InChI=1S/C14H18N4/c1-18(10-12-6-4-8-15-12)14-16-9-11-5-2-3-7-13(11)17-14/h2-3,5,7,9,12,15H,4,6,8,10H2,1H3. The molecule has 4 nitrogen and oxygen atoms in total. The van der Waals surface area contributed by atoms with Gasteiger partial charge < -0.3 is 10.2 Å². The van der Waals surface area contributed by atoms with Gasteiger partial charge in [-0.15, -0.1) is 0 Å². The second-order valence-corrected chi connectivity index (χ2v) is 4.90. The lowest BCUT2D eigenvalue weighted by atomic mass is 10.2. The van der Waals surface area contributed by atoms with E-state index in [0.29, 0.717) is 6.04 Å². The average Bonchev–Trinajstić information content (AvgIpc) is 2.91. The minimum Gasteiger partial charge on any atom is -0.342 e. The van der Waals surface area contributed by atoms with Crippen molar-refractivity contribution in [1.82, 2.24) is 15.3 Å². The van der Waals surface area contributed by atoms with Crippen molar-refractivity contribution >= 4 is 16.9 Å². The molecule has 1 aromatic carbocycles. The number of para-hydroxylation sites is 1. The van der Waals surface area contributed by atoms with E-state index < -0.39 is 0 Å². The summed E-state index contributed by atoms with van der Waals surface area (Å²) in [5.41, 5.74) is 1.01. The lowest BCUT2D eigenvalue weighted by molar-refractivity contribution is 0.595. The van der Waals surface area contributed by atoms with Crippen molar-refractivity contribution in [2.45, 2.75) is 18.9 Å². The van der Waals surface area contributed by atoms with Crippen LogP contribution in [0, 0.1) is 0 Å². The molecular weight excluding hydrogens is 224 g/mol. The molecule has 0 aliphatic carbocycles. The predicted octanol–water partition coefficient (Wildman–Crippen LogP) is 1.82. The second-order valence-electron chi connectivity index (χ2n) is 4.90. The first-order chi connectivity index (χ1) is 8.83. The highest BCUT2D eigenvalue weighted by Crippen LogP contribution is 2.15. The summed E-state index contributed by atoms with van der Waals surface area (Å²) in [5.74, 6) is 0.808. The Kier molecular flexibility index (Phi) is 3.11. The first kappa shape index (κ1) is 11.4. The molecule has 18 heavy (non-hydrogen) atoms. The maximum Gasteiger partial charge on any atom is 0.225 e. The molecule has 1 unspecified atom stereocenters. The van der Waals surface area contributed by atoms with Gasteiger partial charge in [-0.1, -0.05) is 18.2 Å². The van der Waals surface area contributed by atoms with Gasteiger partial charge in [-0.2, -0.15) is 0 Å². The zero-order valence-corrected chi connectivity index (χ0v) is 10.6. The van der Waals surface area contributed by atoms with Crippen molar-refractivity contribution in [2.75, 3.05) is 25.0 Å². The Morgan fingerprint density at radius 3 is 3.11 bits per heavy atom. The molecule has 0 amide bonds. The number of hydrogen-bond acceptors (Lipinski definition) is 4. The lowest BCUT2D eigenvalue weighted by Crippen LogP contribution is -2.36. The quantitative estimate of drug-likeness (QED) is 0.891. The van der Waals surface area contributed by atoms with Crippen LogP contribution in [0.4, 0.5) is 5.95 Å². The Bertz CT molecular complexity index is 534. The molecule has 1 aromatic heterocycles. The highest BCUT2D eigenvalue weighted by molar-refractivity contribution is 5.78. The van der Waals surface area contributed by atoms with Gasteiger partial charge in [0.05, 0.1) is 5.52 Å². The normalized spacial score (nSPS) is 19.3. The molecule has 2 aromatic rings. The number of nitrogens with one attached hydrogen (secondary N) is 1. The molecule has 1 aliphatic rings. The summed E-state index contributed by atoms with van der Waals surface area (Å²) >= 11 is 0. The van der Waals surface area contributed by atoms with Crippen LogP contribution in [0.2, 0.25) is 0 Å². The van der Waals surface area contributed by atoms with Crippen molar-refractivity contribution in [3.63, 3.8) is 0 Å². The van der Waals surface area contributed by atoms with Crippen LogP contribution in [-0.4, -0.2) is 36.1 Å². The van der Waals surface area contributed by atoms with E-state index in [4.69, 9.17) is 0 Å². The van der Waals surface area contributed by atoms with Crippen molar-refractivity contribution in [1.29, 1.82) is 0 Å². The topological polar surface area (TPSA) is 41.0 Å². The fourth-order valence-electron chi connectivity index (χ4n) is 2.47. The van der Waals surface area contributed by atoms with Crippen LogP contribution in [0.1, 0.15) is 12.8 Å². The fraction of sp³-hybridized carbons (Fsp3) is 0.429. The number of likely N-dealkylation sites (N-methyl/N-ethyl adjacent to an activating group) is 1. The van der Waals surface area contributed by atoms with Crippen molar-refractivity contribution in [3.05, 3.63) is 30.5 Å². The van der Waals surface area contributed by atoms with E-state index in [9.17, 15) is 0 Å². The van der Waals surface area contributed by atoms with Gasteiger partial charge >= 0.3 is 0 Å². The van der Waals surface area contributed by atoms with Gasteiger partial charge in [-0.05, 0) is 25.5 Å². The Morgan fingerprint density at radius 2 is 2.28 bits per heavy atom. The van der Waals surface area contributed by atoms with Gasteiger partial charge in [0.1, 0.15) is 0 Å². The minimum absolute atomic E-state index is 0.574. The average molecular weight is 242 g/mol. The summed E-state index contributed by atoms with van der Waals surface area (Å²) in [6.07, 6.45) is 4.42. The number of anilines is 1. The molecule has 4 heteroatoms. The van der Waals surface area contributed by atoms with Gasteiger partial charge in [0.2, 0.25) is 5.95 Å². The SMILES string of the molecule is CN(CC1CCCN1)c1ncc2ccccc2n1. The number of nitrogens with zero attached hydrogens (tertiary/aromatic N) is 3. The van der Waals surface area contributed by atoms with Gasteiger partial charge in [-0.25, -0.2) is 9.97 Å². The zero-order chi connectivity index (χ0) is 12.4. The van der Waals surface area contributed by atoms with E-state index in [-0.39, 0.29) is 0 Å². The van der Waals surface area contributed by atoms with Gasteiger partial charge in [-0.3, -0.25) is 0 Å². The number of benzene rings is 1. The maximum atomic E-state index is 4.60. The summed E-state index contributed by atoms with van der Waals surface area (Å²) < 4.78 is 0. The molecule has 1 N–H and O–H groups in total. The molecule has 1 atom stereocenters. The number of aromatic nitrogens is 2. The van der Waals surface area contributed by atoms with Crippen LogP contribution in [0.5, 0.6) is 0 Å². The third-order valence-corrected chi connectivity index (χ3v) is 3.47. The third kappa shape index (κ3) is 2.29. The van der Waals surface area contributed by atoms with Gasteiger partial charge in [0.25, 0.3) is 0 Å². The van der Waals surface area contributed by atoms with Crippen molar-refractivity contribution < 1.29 is 0 Å². The van der Waals surface area contributed by atoms with Crippen LogP contribution in [0.25, 0.3) is 10.9 Å². The number of rotatable bonds is 3. The molecule has 0 bridgehead atoms.